The van der Waals surface area contributed by atoms with Crippen molar-refractivity contribution in [3.05, 3.63) is 35.4 Å². The van der Waals surface area contributed by atoms with Gasteiger partial charge in [-0.25, -0.2) is 0 Å². The van der Waals surface area contributed by atoms with Crippen LogP contribution in [0.1, 0.15) is 36.8 Å². The fourth-order valence-electron chi connectivity index (χ4n) is 2.02. The second-order valence-corrected chi connectivity index (χ2v) is 5.72. The summed E-state index contributed by atoms with van der Waals surface area (Å²) in [5.41, 5.74) is -0.213. The molecule has 0 heterocycles. The number of alkyl halides is 3. The minimum absolute atomic E-state index is 0.278. The lowest BCUT2D eigenvalue weighted by atomic mass is 10.1. The Bertz CT molecular complexity index is 380. The largest absolute Gasteiger partial charge is 0.416 e. The molecule has 1 nitrogen and oxygen atoms in total. The van der Waals surface area contributed by atoms with Crippen molar-refractivity contribution < 1.29 is 13.2 Å². The van der Waals surface area contributed by atoms with Crippen LogP contribution in [0.5, 0.6) is 0 Å². The molecule has 5 heteroatoms. The van der Waals surface area contributed by atoms with Crippen molar-refractivity contribution in [2.45, 2.75) is 38.4 Å². The lowest BCUT2D eigenvalue weighted by Gasteiger charge is -2.13. The third-order valence-electron chi connectivity index (χ3n) is 3.09. The number of thioether (sulfide) groups is 1. The van der Waals surface area contributed by atoms with Crippen molar-refractivity contribution in [3.63, 3.8) is 0 Å². The summed E-state index contributed by atoms with van der Waals surface area (Å²) in [7, 11) is 0. The van der Waals surface area contributed by atoms with Gasteiger partial charge in [-0.1, -0.05) is 31.0 Å². The smallest absolute Gasteiger partial charge is 0.313 e. The van der Waals surface area contributed by atoms with E-state index in [-0.39, 0.29) is 6.54 Å². The molecule has 0 unspecified atom stereocenters. The molecule has 0 radical (unpaired) electrons. The molecule has 0 atom stereocenters. The highest BCUT2D eigenvalue weighted by atomic mass is 32.2. The highest BCUT2D eigenvalue weighted by molar-refractivity contribution is 7.98. The molecule has 0 amide bonds. The SMILES string of the molecule is CSCCCCCCNCc1ccccc1C(F)(F)F. The van der Waals surface area contributed by atoms with Gasteiger partial charge in [-0.15, -0.1) is 0 Å². The van der Waals surface area contributed by atoms with Crippen molar-refractivity contribution in [3.8, 4) is 0 Å². The minimum Gasteiger partial charge on any atom is -0.313 e. The quantitative estimate of drug-likeness (QED) is 0.663. The van der Waals surface area contributed by atoms with Gasteiger partial charge in [-0.3, -0.25) is 0 Å². The van der Waals surface area contributed by atoms with Gasteiger partial charge in [0, 0.05) is 6.54 Å². The van der Waals surface area contributed by atoms with Gasteiger partial charge >= 0.3 is 6.18 Å². The van der Waals surface area contributed by atoms with E-state index in [2.05, 4.69) is 11.6 Å². The first-order chi connectivity index (χ1) is 9.55. The summed E-state index contributed by atoms with van der Waals surface area (Å²) >= 11 is 1.85. The summed E-state index contributed by atoms with van der Waals surface area (Å²) in [6.07, 6.45) is 2.40. The van der Waals surface area contributed by atoms with Crippen molar-refractivity contribution >= 4 is 11.8 Å². The van der Waals surface area contributed by atoms with Crippen LogP contribution in [0.15, 0.2) is 24.3 Å². The normalized spacial score (nSPS) is 11.8. The van der Waals surface area contributed by atoms with Crippen LogP contribution in [-0.2, 0) is 12.7 Å². The summed E-state index contributed by atoms with van der Waals surface area (Å²) < 4.78 is 38.3. The molecular formula is C15H22F3NS. The molecule has 1 aromatic carbocycles. The van der Waals surface area contributed by atoms with Crippen LogP contribution in [0, 0.1) is 0 Å². The number of rotatable bonds is 9. The Labute approximate surface area is 123 Å². The Balaban J connectivity index is 2.26. The van der Waals surface area contributed by atoms with Gasteiger partial charge in [0.05, 0.1) is 5.56 Å². The Morgan fingerprint density at radius 1 is 1.05 bits per heavy atom. The van der Waals surface area contributed by atoms with Gasteiger partial charge in [0.1, 0.15) is 0 Å². The number of halogens is 3. The summed E-state index contributed by atoms with van der Waals surface area (Å²) in [6, 6.07) is 5.75. The minimum atomic E-state index is -4.27. The molecule has 1 aromatic rings. The molecule has 0 spiro atoms. The zero-order valence-electron chi connectivity index (χ0n) is 11.8. The van der Waals surface area contributed by atoms with E-state index in [1.807, 2.05) is 11.8 Å². The van der Waals surface area contributed by atoms with Crippen molar-refractivity contribution in [2.75, 3.05) is 18.6 Å². The van der Waals surface area contributed by atoms with Crippen LogP contribution >= 0.6 is 11.8 Å². The fourth-order valence-corrected chi connectivity index (χ4v) is 2.52. The van der Waals surface area contributed by atoms with E-state index >= 15 is 0 Å². The van der Waals surface area contributed by atoms with E-state index in [1.165, 1.54) is 30.7 Å². The van der Waals surface area contributed by atoms with Crippen LogP contribution < -0.4 is 5.32 Å². The fraction of sp³-hybridized carbons (Fsp3) is 0.600. The molecule has 114 valence electrons. The standard InChI is InChI=1S/C15H22F3NS/c1-20-11-7-3-2-6-10-19-12-13-8-4-5-9-14(13)15(16,17)18/h4-5,8-9,19H,2-3,6-7,10-12H2,1H3. The average Bonchev–Trinajstić information content (AvgIpc) is 2.41. The summed E-state index contributed by atoms with van der Waals surface area (Å²) in [5.74, 6) is 1.19. The Kier molecular flexibility index (Phi) is 8.07. The molecule has 1 N–H and O–H groups in total. The van der Waals surface area contributed by atoms with E-state index in [1.54, 1.807) is 6.07 Å². The van der Waals surface area contributed by atoms with Crippen molar-refractivity contribution in [1.82, 2.24) is 5.32 Å². The highest BCUT2D eigenvalue weighted by Gasteiger charge is 2.32. The van der Waals surface area contributed by atoms with Gasteiger partial charge in [-0.2, -0.15) is 24.9 Å². The van der Waals surface area contributed by atoms with Crippen LogP contribution in [-0.4, -0.2) is 18.6 Å². The molecule has 1 rings (SSSR count). The first kappa shape index (κ1) is 17.4. The zero-order valence-corrected chi connectivity index (χ0v) is 12.6. The van der Waals surface area contributed by atoms with Crippen LogP contribution in [0.4, 0.5) is 13.2 Å². The van der Waals surface area contributed by atoms with Gasteiger partial charge in [-0.05, 0) is 43.0 Å². The summed E-state index contributed by atoms with van der Waals surface area (Å²) in [4.78, 5) is 0. The molecular weight excluding hydrogens is 283 g/mol. The van der Waals surface area contributed by atoms with Crippen LogP contribution in [0.2, 0.25) is 0 Å². The molecule has 0 saturated heterocycles. The predicted molar refractivity (Wildman–Crippen MR) is 80.0 cm³/mol. The van der Waals surface area contributed by atoms with E-state index in [9.17, 15) is 13.2 Å². The maximum atomic E-state index is 12.8. The zero-order chi connectivity index (χ0) is 14.8. The monoisotopic (exact) mass is 305 g/mol. The third kappa shape index (κ3) is 6.66. The molecule has 0 saturated carbocycles. The summed E-state index contributed by atoms with van der Waals surface area (Å²) in [5, 5.41) is 3.10. The maximum Gasteiger partial charge on any atom is 0.416 e. The van der Waals surface area contributed by atoms with E-state index < -0.39 is 11.7 Å². The van der Waals surface area contributed by atoms with Gasteiger partial charge < -0.3 is 5.32 Å². The highest BCUT2D eigenvalue weighted by Crippen LogP contribution is 2.31. The number of hydrogen-bond acceptors (Lipinski definition) is 2. The molecule has 0 aromatic heterocycles. The van der Waals surface area contributed by atoms with Crippen LogP contribution in [0.3, 0.4) is 0 Å². The number of unbranched alkanes of at least 4 members (excludes halogenated alkanes) is 3. The molecule has 0 bridgehead atoms. The molecule has 0 fully saturated rings. The first-order valence-electron chi connectivity index (χ1n) is 6.90. The second-order valence-electron chi connectivity index (χ2n) is 4.74. The van der Waals surface area contributed by atoms with Crippen molar-refractivity contribution in [1.29, 1.82) is 0 Å². The third-order valence-corrected chi connectivity index (χ3v) is 3.79. The molecule has 0 aliphatic carbocycles. The van der Waals surface area contributed by atoms with E-state index in [0.29, 0.717) is 5.56 Å². The van der Waals surface area contributed by atoms with Crippen molar-refractivity contribution in [2.24, 2.45) is 0 Å². The molecule has 0 aliphatic heterocycles. The number of nitrogens with one attached hydrogen (secondary N) is 1. The predicted octanol–water partition coefficient (Wildman–Crippen LogP) is 4.72. The Hall–Kier alpha value is -0.680. The first-order valence-corrected chi connectivity index (χ1v) is 8.30. The van der Waals surface area contributed by atoms with Gasteiger partial charge in [0.25, 0.3) is 0 Å². The Morgan fingerprint density at radius 3 is 2.45 bits per heavy atom. The lowest BCUT2D eigenvalue weighted by molar-refractivity contribution is -0.138. The average molecular weight is 305 g/mol. The topological polar surface area (TPSA) is 12.0 Å². The van der Waals surface area contributed by atoms with Gasteiger partial charge in [0.15, 0.2) is 0 Å². The molecule has 20 heavy (non-hydrogen) atoms. The molecule has 0 aliphatic rings. The van der Waals surface area contributed by atoms with E-state index in [4.69, 9.17) is 0 Å². The van der Waals surface area contributed by atoms with Gasteiger partial charge in [0.2, 0.25) is 0 Å². The number of benzene rings is 1. The summed E-state index contributed by atoms with van der Waals surface area (Å²) in [6.45, 7) is 1.05. The Morgan fingerprint density at radius 2 is 1.75 bits per heavy atom. The van der Waals surface area contributed by atoms with E-state index in [0.717, 1.165) is 25.5 Å². The second kappa shape index (κ2) is 9.29. The lowest BCUT2D eigenvalue weighted by Crippen LogP contribution is -2.18. The number of hydrogen-bond donors (Lipinski definition) is 1. The maximum absolute atomic E-state index is 12.8. The van der Waals surface area contributed by atoms with Crippen LogP contribution in [0.25, 0.3) is 0 Å².